The highest BCUT2D eigenvalue weighted by Gasteiger charge is 2.07. The first-order valence-electron chi connectivity index (χ1n) is 7.57. The molecule has 22 heavy (non-hydrogen) atoms. The molecule has 0 atom stereocenters. The highest BCUT2D eigenvalue weighted by atomic mass is 16.5. The Labute approximate surface area is 131 Å². The summed E-state index contributed by atoms with van der Waals surface area (Å²) < 4.78 is 5.00. The van der Waals surface area contributed by atoms with E-state index in [1.807, 2.05) is 12.1 Å². The fourth-order valence-electron chi connectivity index (χ4n) is 2.13. The number of anilines is 1. The number of rotatable bonds is 7. The van der Waals surface area contributed by atoms with Crippen LogP contribution in [0, 0.1) is 0 Å². The predicted molar refractivity (Wildman–Crippen MR) is 88.0 cm³/mol. The van der Waals surface area contributed by atoms with Gasteiger partial charge in [-0.3, -0.25) is 9.78 Å². The molecule has 2 rings (SSSR count). The summed E-state index contributed by atoms with van der Waals surface area (Å²) in [5, 5.41) is 2.88. The van der Waals surface area contributed by atoms with Crippen LogP contribution in [0.5, 0.6) is 0 Å². The fourth-order valence-corrected chi connectivity index (χ4v) is 2.13. The third kappa shape index (κ3) is 4.67. The SMILES string of the molecule is CCCCc1ccc(NC(=O)c2ccc(COC)nc2)cc1. The van der Waals surface area contributed by atoms with E-state index in [2.05, 4.69) is 29.4 Å². The number of nitrogens with zero attached hydrogens (tertiary/aromatic N) is 1. The highest BCUT2D eigenvalue weighted by molar-refractivity contribution is 6.04. The van der Waals surface area contributed by atoms with Crippen molar-refractivity contribution in [3.8, 4) is 0 Å². The molecule has 0 bridgehead atoms. The molecule has 1 N–H and O–H groups in total. The molecule has 1 amide bonds. The zero-order chi connectivity index (χ0) is 15.8. The first-order chi connectivity index (χ1) is 10.7. The second-order valence-electron chi connectivity index (χ2n) is 5.23. The predicted octanol–water partition coefficient (Wildman–Crippen LogP) is 3.82. The Balaban J connectivity index is 1.96. The van der Waals surface area contributed by atoms with E-state index in [1.54, 1.807) is 25.4 Å². The molecule has 0 saturated carbocycles. The maximum Gasteiger partial charge on any atom is 0.257 e. The lowest BCUT2D eigenvalue weighted by atomic mass is 10.1. The van der Waals surface area contributed by atoms with Crippen LogP contribution >= 0.6 is 0 Å². The van der Waals surface area contributed by atoms with Crippen molar-refractivity contribution in [2.24, 2.45) is 0 Å². The number of unbranched alkanes of at least 4 members (excludes halogenated alkanes) is 1. The maximum atomic E-state index is 12.2. The minimum atomic E-state index is -0.155. The van der Waals surface area contributed by atoms with Gasteiger partial charge in [-0.25, -0.2) is 0 Å². The van der Waals surface area contributed by atoms with E-state index in [0.29, 0.717) is 12.2 Å². The van der Waals surface area contributed by atoms with Gasteiger partial charge in [-0.1, -0.05) is 25.5 Å². The first kappa shape index (κ1) is 16.2. The van der Waals surface area contributed by atoms with Crippen molar-refractivity contribution in [1.82, 2.24) is 4.98 Å². The molecule has 0 saturated heterocycles. The average molecular weight is 298 g/mol. The molecule has 2 aromatic rings. The summed E-state index contributed by atoms with van der Waals surface area (Å²) in [5.74, 6) is -0.155. The Morgan fingerprint density at radius 2 is 1.95 bits per heavy atom. The van der Waals surface area contributed by atoms with E-state index < -0.39 is 0 Å². The van der Waals surface area contributed by atoms with Crippen molar-refractivity contribution in [2.45, 2.75) is 32.8 Å². The van der Waals surface area contributed by atoms with Crippen molar-refractivity contribution in [2.75, 3.05) is 12.4 Å². The molecule has 1 aromatic carbocycles. The van der Waals surface area contributed by atoms with Gasteiger partial charge < -0.3 is 10.1 Å². The summed E-state index contributed by atoms with van der Waals surface area (Å²) in [6.45, 7) is 2.63. The Morgan fingerprint density at radius 3 is 2.55 bits per heavy atom. The summed E-state index contributed by atoms with van der Waals surface area (Å²) in [7, 11) is 1.62. The van der Waals surface area contributed by atoms with Crippen molar-refractivity contribution in [3.05, 3.63) is 59.4 Å². The van der Waals surface area contributed by atoms with E-state index in [4.69, 9.17) is 4.74 Å². The Kier molecular flexibility index (Phi) is 6.10. The van der Waals surface area contributed by atoms with Crippen LogP contribution in [0.25, 0.3) is 0 Å². The van der Waals surface area contributed by atoms with Gasteiger partial charge in [0.15, 0.2) is 0 Å². The van der Waals surface area contributed by atoms with Gasteiger partial charge in [0, 0.05) is 19.0 Å². The Bertz CT molecular complexity index is 591. The molecular weight excluding hydrogens is 276 g/mol. The number of carbonyl (C=O) groups is 1. The van der Waals surface area contributed by atoms with Gasteiger partial charge in [0.25, 0.3) is 5.91 Å². The third-order valence-corrected chi connectivity index (χ3v) is 3.41. The number of pyridine rings is 1. The number of ether oxygens (including phenoxy) is 1. The van der Waals surface area contributed by atoms with Gasteiger partial charge in [-0.15, -0.1) is 0 Å². The molecule has 0 radical (unpaired) electrons. The Hall–Kier alpha value is -2.20. The van der Waals surface area contributed by atoms with Gasteiger partial charge in [0.05, 0.1) is 17.9 Å². The van der Waals surface area contributed by atoms with Gasteiger partial charge in [0.2, 0.25) is 0 Å². The zero-order valence-electron chi connectivity index (χ0n) is 13.1. The van der Waals surface area contributed by atoms with Crippen LogP contribution in [0.1, 0.15) is 41.4 Å². The number of benzene rings is 1. The van der Waals surface area contributed by atoms with Crippen LogP contribution in [0.2, 0.25) is 0 Å². The smallest absolute Gasteiger partial charge is 0.257 e. The number of hydrogen-bond donors (Lipinski definition) is 1. The summed E-state index contributed by atoms with van der Waals surface area (Å²) in [4.78, 5) is 16.4. The van der Waals surface area contributed by atoms with E-state index >= 15 is 0 Å². The summed E-state index contributed by atoms with van der Waals surface area (Å²) >= 11 is 0. The molecule has 116 valence electrons. The van der Waals surface area contributed by atoms with Gasteiger partial charge in [-0.05, 0) is 42.7 Å². The van der Waals surface area contributed by atoms with Crippen LogP contribution in [-0.2, 0) is 17.8 Å². The van der Waals surface area contributed by atoms with E-state index in [1.165, 1.54) is 18.4 Å². The first-order valence-corrected chi connectivity index (χ1v) is 7.57. The van der Waals surface area contributed by atoms with Crippen molar-refractivity contribution in [1.29, 1.82) is 0 Å². The normalized spacial score (nSPS) is 10.5. The van der Waals surface area contributed by atoms with Gasteiger partial charge in [0.1, 0.15) is 0 Å². The number of amides is 1. The molecule has 0 aliphatic carbocycles. The monoisotopic (exact) mass is 298 g/mol. The minimum absolute atomic E-state index is 0.155. The van der Waals surface area contributed by atoms with E-state index in [9.17, 15) is 4.79 Å². The molecular formula is C18H22N2O2. The number of carbonyl (C=O) groups excluding carboxylic acids is 1. The standard InChI is InChI=1S/C18H22N2O2/c1-3-4-5-14-6-9-16(10-7-14)20-18(21)15-8-11-17(13-22-2)19-12-15/h6-12H,3-5,13H2,1-2H3,(H,20,21). The Morgan fingerprint density at radius 1 is 1.18 bits per heavy atom. The number of aryl methyl sites for hydroxylation is 1. The van der Waals surface area contributed by atoms with Gasteiger partial charge >= 0.3 is 0 Å². The summed E-state index contributed by atoms with van der Waals surface area (Å²) in [5.41, 5.74) is 3.44. The van der Waals surface area contributed by atoms with Crippen LogP contribution < -0.4 is 5.32 Å². The molecule has 4 heteroatoms. The lowest BCUT2D eigenvalue weighted by Gasteiger charge is -2.07. The largest absolute Gasteiger partial charge is 0.378 e. The molecule has 4 nitrogen and oxygen atoms in total. The van der Waals surface area contributed by atoms with Crippen LogP contribution in [0.4, 0.5) is 5.69 Å². The number of methoxy groups -OCH3 is 1. The lowest BCUT2D eigenvalue weighted by molar-refractivity contribution is 0.102. The van der Waals surface area contributed by atoms with Crippen LogP contribution in [0.15, 0.2) is 42.6 Å². The zero-order valence-corrected chi connectivity index (χ0v) is 13.1. The summed E-state index contributed by atoms with van der Waals surface area (Å²) in [6, 6.07) is 11.6. The topological polar surface area (TPSA) is 51.2 Å². The average Bonchev–Trinajstić information content (AvgIpc) is 2.55. The third-order valence-electron chi connectivity index (χ3n) is 3.41. The van der Waals surface area contributed by atoms with E-state index in [-0.39, 0.29) is 5.91 Å². The highest BCUT2D eigenvalue weighted by Crippen LogP contribution is 2.13. The second-order valence-corrected chi connectivity index (χ2v) is 5.23. The molecule has 0 unspecified atom stereocenters. The van der Waals surface area contributed by atoms with Crippen molar-refractivity contribution < 1.29 is 9.53 Å². The molecule has 0 spiro atoms. The quantitative estimate of drug-likeness (QED) is 0.845. The van der Waals surface area contributed by atoms with Crippen molar-refractivity contribution >= 4 is 11.6 Å². The lowest BCUT2D eigenvalue weighted by Crippen LogP contribution is -2.12. The number of nitrogens with one attached hydrogen (secondary N) is 1. The molecule has 0 aliphatic rings. The molecule has 0 aliphatic heterocycles. The van der Waals surface area contributed by atoms with Gasteiger partial charge in [-0.2, -0.15) is 0 Å². The second kappa shape index (κ2) is 8.29. The van der Waals surface area contributed by atoms with E-state index in [0.717, 1.165) is 17.8 Å². The molecule has 0 fully saturated rings. The van der Waals surface area contributed by atoms with Crippen molar-refractivity contribution in [3.63, 3.8) is 0 Å². The minimum Gasteiger partial charge on any atom is -0.378 e. The number of hydrogen-bond acceptors (Lipinski definition) is 3. The number of aromatic nitrogens is 1. The van der Waals surface area contributed by atoms with Crippen LogP contribution in [-0.4, -0.2) is 18.0 Å². The molecule has 1 heterocycles. The van der Waals surface area contributed by atoms with Crippen LogP contribution in [0.3, 0.4) is 0 Å². The fraction of sp³-hybridized carbons (Fsp3) is 0.333. The summed E-state index contributed by atoms with van der Waals surface area (Å²) in [6.07, 6.45) is 5.02. The molecule has 1 aromatic heterocycles. The maximum absolute atomic E-state index is 12.2.